The molecule has 0 spiro atoms. The highest BCUT2D eigenvalue weighted by Crippen LogP contribution is 2.50. The van der Waals surface area contributed by atoms with Gasteiger partial charge in [0.25, 0.3) is 0 Å². The van der Waals surface area contributed by atoms with Gasteiger partial charge in [0.2, 0.25) is 0 Å². The number of rotatable bonds is 6. The van der Waals surface area contributed by atoms with Crippen LogP contribution < -0.4 is 5.48 Å². The first kappa shape index (κ1) is 14.9. The van der Waals surface area contributed by atoms with E-state index in [4.69, 9.17) is 9.57 Å². The highest BCUT2D eigenvalue weighted by molar-refractivity contribution is 5.73. The summed E-state index contributed by atoms with van der Waals surface area (Å²) >= 11 is 0. The topological polar surface area (TPSA) is 64.6 Å². The van der Waals surface area contributed by atoms with Crippen molar-refractivity contribution in [1.29, 1.82) is 0 Å². The van der Waals surface area contributed by atoms with Crippen LogP contribution in [0.3, 0.4) is 0 Å². The Hall–Kier alpha value is -2.04. The van der Waals surface area contributed by atoms with Crippen molar-refractivity contribution in [3.8, 4) is 0 Å². The van der Waals surface area contributed by atoms with E-state index in [0.717, 1.165) is 5.56 Å². The van der Waals surface area contributed by atoms with Crippen LogP contribution in [-0.4, -0.2) is 12.1 Å². The van der Waals surface area contributed by atoms with Crippen LogP contribution in [-0.2, 0) is 21.0 Å². The zero-order valence-electron chi connectivity index (χ0n) is 12.5. The minimum atomic E-state index is -0.744. The quantitative estimate of drug-likeness (QED) is 0.820. The molecule has 0 atom stereocenters. The van der Waals surface area contributed by atoms with Crippen LogP contribution in [0.2, 0.25) is 0 Å². The summed E-state index contributed by atoms with van der Waals surface area (Å²) in [5, 5.41) is 0. The molecule has 0 bridgehead atoms. The molecule has 2 aliphatic rings. The molecule has 0 radical (unpaired) electrons. The predicted molar refractivity (Wildman–Crippen MR) is 79.4 cm³/mol. The lowest BCUT2D eigenvalue weighted by Gasteiger charge is -2.14. The highest BCUT2D eigenvalue weighted by atomic mass is 16.7. The molecule has 3 rings (SSSR count). The first-order valence-electron chi connectivity index (χ1n) is 7.88. The molecule has 0 heterocycles. The lowest BCUT2D eigenvalue weighted by Crippen LogP contribution is -2.29. The third-order valence-electron chi connectivity index (χ3n) is 4.32. The van der Waals surface area contributed by atoms with Crippen molar-refractivity contribution < 1.29 is 19.2 Å². The molecule has 0 saturated heterocycles. The van der Waals surface area contributed by atoms with Gasteiger partial charge in [0.1, 0.15) is 6.61 Å². The maximum absolute atomic E-state index is 11.8. The average molecular weight is 303 g/mol. The molecule has 1 N–H and O–H groups in total. The normalized spacial score (nSPS) is 17.1. The third-order valence-corrected chi connectivity index (χ3v) is 4.32. The fourth-order valence-corrected chi connectivity index (χ4v) is 2.85. The third kappa shape index (κ3) is 4.48. The van der Waals surface area contributed by atoms with E-state index in [0.29, 0.717) is 24.2 Å². The Kier molecular flexibility index (Phi) is 4.61. The van der Waals surface area contributed by atoms with Crippen molar-refractivity contribution >= 4 is 12.1 Å². The van der Waals surface area contributed by atoms with Crippen LogP contribution in [0.1, 0.15) is 37.7 Å². The van der Waals surface area contributed by atoms with Gasteiger partial charge < -0.3 is 9.57 Å². The summed E-state index contributed by atoms with van der Waals surface area (Å²) in [4.78, 5) is 28.1. The van der Waals surface area contributed by atoms with Gasteiger partial charge in [-0.3, -0.25) is 0 Å². The molecule has 2 aliphatic carbocycles. The average Bonchev–Trinajstić information content (AvgIpc) is 3.41. The molecule has 2 saturated carbocycles. The Balaban J connectivity index is 1.34. The van der Waals surface area contributed by atoms with Crippen molar-refractivity contribution in [3.05, 3.63) is 35.9 Å². The second-order valence-electron chi connectivity index (χ2n) is 6.18. The van der Waals surface area contributed by atoms with Crippen molar-refractivity contribution in [2.75, 3.05) is 0 Å². The summed E-state index contributed by atoms with van der Waals surface area (Å²) < 4.78 is 4.98. The summed E-state index contributed by atoms with van der Waals surface area (Å²) in [6.45, 7) is 0.150. The summed E-state index contributed by atoms with van der Waals surface area (Å²) in [6, 6.07) is 9.34. The van der Waals surface area contributed by atoms with Gasteiger partial charge >= 0.3 is 12.1 Å². The van der Waals surface area contributed by atoms with Crippen LogP contribution in [0.15, 0.2) is 30.3 Å². The fraction of sp³-hybridized carbons (Fsp3) is 0.529. The maximum Gasteiger partial charge on any atom is 0.441 e. The molecule has 0 aromatic heterocycles. The summed E-state index contributed by atoms with van der Waals surface area (Å²) in [7, 11) is 0. The Bertz CT molecular complexity index is 511. The molecule has 5 nitrogen and oxygen atoms in total. The Morgan fingerprint density at radius 3 is 2.32 bits per heavy atom. The molecule has 2 fully saturated rings. The first-order valence-corrected chi connectivity index (χ1v) is 7.88. The van der Waals surface area contributed by atoms with E-state index in [1.807, 2.05) is 30.3 Å². The largest absolute Gasteiger partial charge is 0.443 e. The monoisotopic (exact) mass is 303 g/mol. The highest BCUT2D eigenvalue weighted by Gasteiger charge is 2.42. The first-order chi connectivity index (χ1) is 10.7. The van der Waals surface area contributed by atoms with Crippen LogP contribution in [0.4, 0.5) is 4.79 Å². The molecule has 0 unspecified atom stereocenters. The Labute approximate surface area is 129 Å². The van der Waals surface area contributed by atoms with E-state index < -0.39 is 6.09 Å². The van der Waals surface area contributed by atoms with Crippen molar-refractivity contribution in [1.82, 2.24) is 5.48 Å². The van der Waals surface area contributed by atoms with Crippen LogP contribution in [0, 0.1) is 17.8 Å². The number of amides is 1. The van der Waals surface area contributed by atoms with Crippen molar-refractivity contribution in [2.24, 2.45) is 17.8 Å². The Morgan fingerprint density at radius 2 is 1.73 bits per heavy atom. The number of nitrogens with one attached hydrogen (secondary N) is 1. The number of ether oxygens (including phenoxy) is 1. The van der Waals surface area contributed by atoms with E-state index >= 15 is 0 Å². The minimum Gasteiger partial charge on any atom is -0.443 e. The number of carbonyl (C=O) groups excluding carboxylic acids is 2. The fourth-order valence-electron chi connectivity index (χ4n) is 2.85. The van der Waals surface area contributed by atoms with Gasteiger partial charge in [-0.1, -0.05) is 30.3 Å². The molecule has 1 amide bonds. The molecule has 5 heteroatoms. The van der Waals surface area contributed by atoms with Gasteiger partial charge in [0.05, 0.1) is 6.42 Å². The zero-order chi connectivity index (χ0) is 15.4. The summed E-state index contributed by atoms with van der Waals surface area (Å²) in [6.07, 6.45) is 4.55. The van der Waals surface area contributed by atoms with Gasteiger partial charge in [-0.25, -0.2) is 9.59 Å². The van der Waals surface area contributed by atoms with Crippen LogP contribution in [0.25, 0.3) is 0 Å². The second kappa shape index (κ2) is 6.81. The lowest BCUT2D eigenvalue weighted by atomic mass is 9.94. The van der Waals surface area contributed by atoms with Gasteiger partial charge in [-0.15, -0.1) is 5.48 Å². The summed E-state index contributed by atoms with van der Waals surface area (Å²) in [5.41, 5.74) is 2.95. The summed E-state index contributed by atoms with van der Waals surface area (Å²) in [5.74, 6) is 1.44. The van der Waals surface area contributed by atoms with E-state index in [9.17, 15) is 9.59 Å². The Morgan fingerprint density at radius 1 is 1.09 bits per heavy atom. The van der Waals surface area contributed by atoms with Crippen LogP contribution >= 0.6 is 0 Å². The van der Waals surface area contributed by atoms with E-state index in [1.165, 1.54) is 25.7 Å². The smallest absolute Gasteiger partial charge is 0.441 e. The number of carbonyl (C=O) groups is 2. The number of hydrogen-bond donors (Lipinski definition) is 1. The van der Waals surface area contributed by atoms with E-state index in [-0.39, 0.29) is 12.6 Å². The maximum atomic E-state index is 11.8. The van der Waals surface area contributed by atoms with E-state index in [1.54, 1.807) is 0 Å². The number of hydroxylamine groups is 1. The molecular formula is C17H21NO4. The van der Waals surface area contributed by atoms with Gasteiger partial charge in [-0.2, -0.15) is 0 Å². The molecule has 118 valence electrons. The van der Waals surface area contributed by atoms with E-state index in [2.05, 4.69) is 5.48 Å². The van der Waals surface area contributed by atoms with Crippen molar-refractivity contribution in [2.45, 2.75) is 38.7 Å². The molecule has 1 aromatic carbocycles. The molecule has 22 heavy (non-hydrogen) atoms. The minimum absolute atomic E-state index is 0.150. The van der Waals surface area contributed by atoms with Crippen LogP contribution in [0.5, 0.6) is 0 Å². The second-order valence-corrected chi connectivity index (χ2v) is 6.18. The lowest BCUT2D eigenvalue weighted by molar-refractivity contribution is -0.151. The van der Waals surface area contributed by atoms with Crippen molar-refractivity contribution in [3.63, 3.8) is 0 Å². The SMILES string of the molecule is O=C(CC(C1CC1)C1CC1)ONC(=O)OCc1ccccc1. The van der Waals surface area contributed by atoms with Gasteiger partial charge in [0, 0.05) is 0 Å². The zero-order valence-corrected chi connectivity index (χ0v) is 12.5. The number of benzene rings is 1. The molecule has 0 aliphatic heterocycles. The number of hydrogen-bond acceptors (Lipinski definition) is 4. The molecular weight excluding hydrogens is 282 g/mol. The predicted octanol–water partition coefficient (Wildman–Crippen LogP) is 3.20. The standard InChI is InChI=1S/C17H21NO4/c19-16(10-15(13-6-7-13)14-8-9-14)22-18-17(20)21-11-12-4-2-1-3-5-12/h1-5,13-15H,6-11H2,(H,18,20). The van der Waals surface area contributed by atoms with Gasteiger partial charge in [0.15, 0.2) is 0 Å². The molecule has 1 aromatic rings. The van der Waals surface area contributed by atoms with Gasteiger partial charge in [-0.05, 0) is 49.0 Å².